The minimum absolute atomic E-state index is 0.698. The van der Waals surface area contributed by atoms with Gasteiger partial charge in [0.1, 0.15) is 5.75 Å². The first-order valence-corrected chi connectivity index (χ1v) is 6.26. The molecular weight excluding hydrogens is 212 g/mol. The molecule has 0 radical (unpaired) electrons. The lowest BCUT2D eigenvalue weighted by Gasteiger charge is -2.34. The Kier molecular flexibility index (Phi) is 2.85. The maximum Gasteiger partial charge on any atom is 0.137 e. The fourth-order valence-corrected chi connectivity index (χ4v) is 2.93. The van der Waals surface area contributed by atoms with Crippen molar-refractivity contribution in [2.45, 2.75) is 12.8 Å². The van der Waals surface area contributed by atoms with Crippen molar-refractivity contribution in [1.29, 1.82) is 0 Å². The summed E-state index contributed by atoms with van der Waals surface area (Å²) < 4.78 is 5.24. The van der Waals surface area contributed by atoms with Gasteiger partial charge in [-0.2, -0.15) is 0 Å². The Morgan fingerprint density at radius 2 is 2.29 bits per heavy atom. The summed E-state index contributed by atoms with van der Waals surface area (Å²) in [5, 5.41) is 3.50. The molecule has 1 aliphatic heterocycles. The minimum atomic E-state index is 0.698. The third-order valence-corrected chi connectivity index (χ3v) is 3.74. The predicted octanol–water partition coefficient (Wildman–Crippen LogP) is 2.10. The Morgan fingerprint density at radius 1 is 1.35 bits per heavy atom. The molecule has 1 fully saturated rings. The number of aromatic nitrogens is 1. The zero-order valence-corrected chi connectivity index (χ0v) is 10.1. The average molecular weight is 230 g/mol. The number of fused-ring (bicyclic) bond motifs is 2. The summed E-state index contributed by atoms with van der Waals surface area (Å²) in [6.45, 7) is 2.28. The third-order valence-electron chi connectivity index (χ3n) is 3.74. The molecule has 2 atom stereocenters. The van der Waals surface area contributed by atoms with Gasteiger partial charge in [0.05, 0.1) is 13.3 Å². The molecule has 1 saturated heterocycles. The standard InChI is InChI=1S/C14H18N2O/c1-17-14-5-13(8-16-9-14)12-3-10-2-11(4-12)7-15-6-10/h3,5,8-11,15H,2,4,6-7H2,1H3/t10-,11+/m1/s1. The largest absolute Gasteiger partial charge is 0.495 e. The third kappa shape index (κ3) is 2.20. The monoisotopic (exact) mass is 230 g/mol. The summed E-state index contributed by atoms with van der Waals surface area (Å²) in [7, 11) is 1.69. The second-order valence-electron chi connectivity index (χ2n) is 5.03. The topological polar surface area (TPSA) is 34.1 Å². The molecule has 2 aliphatic rings. The molecule has 0 unspecified atom stereocenters. The number of piperidine rings is 1. The van der Waals surface area contributed by atoms with Crippen LogP contribution in [-0.2, 0) is 0 Å². The van der Waals surface area contributed by atoms with Crippen LogP contribution in [0.2, 0.25) is 0 Å². The van der Waals surface area contributed by atoms with Crippen LogP contribution in [-0.4, -0.2) is 25.2 Å². The SMILES string of the molecule is COc1cncc(C2=C[C@@H]3CNC[C@H](C2)C3)c1. The van der Waals surface area contributed by atoms with Crippen molar-refractivity contribution in [3.8, 4) is 5.75 Å². The van der Waals surface area contributed by atoms with E-state index in [-0.39, 0.29) is 0 Å². The van der Waals surface area contributed by atoms with Crippen LogP contribution in [0.5, 0.6) is 5.75 Å². The fraction of sp³-hybridized carbons (Fsp3) is 0.500. The molecule has 0 saturated carbocycles. The van der Waals surface area contributed by atoms with E-state index in [4.69, 9.17) is 4.74 Å². The van der Waals surface area contributed by atoms with Crippen molar-refractivity contribution in [2.75, 3.05) is 20.2 Å². The molecule has 1 aliphatic carbocycles. The van der Waals surface area contributed by atoms with Gasteiger partial charge in [0, 0.05) is 12.7 Å². The van der Waals surface area contributed by atoms with Crippen molar-refractivity contribution in [3.05, 3.63) is 30.1 Å². The van der Waals surface area contributed by atoms with E-state index in [2.05, 4.69) is 22.4 Å². The number of nitrogens with one attached hydrogen (secondary N) is 1. The van der Waals surface area contributed by atoms with Gasteiger partial charge in [0.15, 0.2) is 0 Å². The zero-order valence-electron chi connectivity index (χ0n) is 10.1. The predicted molar refractivity (Wildman–Crippen MR) is 67.8 cm³/mol. The molecule has 1 aromatic heterocycles. The lowest BCUT2D eigenvalue weighted by molar-refractivity contribution is 0.316. The summed E-state index contributed by atoms with van der Waals surface area (Å²) in [4.78, 5) is 4.24. The smallest absolute Gasteiger partial charge is 0.137 e. The van der Waals surface area contributed by atoms with E-state index in [0.29, 0.717) is 5.92 Å². The molecule has 17 heavy (non-hydrogen) atoms. The Balaban J connectivity index is 1.90. The molecule has 2 heterocycles. The fourth-order valence-electron chi connectivity index (χ4n) is 2.93. The maximum atomic E-state index is 5.24. The lowest BCUT2D eigenvalue weighted by atomic mass is 9.78. The van der Waals surface area contributed by atoms with Crippen LogP contribution < -0.4 is 10.1 Å². The van der Waals surface area contributed by atoms with E-state index in [1.54, 1.807) is 13.3 Å². The molecule has 2 bridgehead atoms. The van der Waals surface area contributed by atoms with Crippen molar-refractivity contribution in [1.82, 2.24) is 10.3 Å². The van der Waals surface area contributed by atoms with Gasteiger partial charge in [-0.3, -0.25) is 4.98 Å². The average Bonchev–Trinajstić information content (AvgIpc) is 2.38. The van der Waals surface area contributed by atoms with Gasteiger partial charge >= 0.3 is 0 Å². The first-order chi connectivity index (χ1) is 8.35. The van der Waals surface area contributed by atoms with E-state index < -0.39 is 0 Å². The molecule has 0 spiro atoms. The Morgan fingerprint density at radius 3 is 3.12 bits per heavy atom. The van der Waals surface area contributed by atoms with Crippen LogP contribution in [0.1, 0.15) is 18.4 Å². The number of nitrogens with zero attached hydrogens (tertiary/aromatic N) is 1. The number of rotatable bonds is 2. The van der Waals surface area contributed by atoms with Gasteiger partial charge in [0.2, 0.25) is 0 Å². The zero-order chi connectivity index (χ0) is 11.7. The summed E-state index contributed by atoms with van der Waals surface area (Å²) in [5.41, 5.74) is 2.67. The number of allylic oxidation sites excluding steroid dienone is 1. The highest BCUT2D eigenvalue weighted by Gasteiger charge is 2.26. The van der Waals surface area contributed by atoms with Gasteiger partial charge in [0.25, 0.3) is 0 Å². The quantitative estimate of drug-likeness (QED) is 0.845. The number of hydrogen-bond donors (Lipinski definition) is 1. The number of ether oxygens (including phenoxy) is 1. The van der Waals surface area contributed by atoms with Gasteiger partial charge in [-0.25, -0.2) is 0 Å². The van der Waals surface area contributed by atoms with Crippen molar-refractivity contribution in [3.63, 3.8) is 0 Å². The highest BCUT2D eigenvalue weighted by molar-refractivity contribution is 5.67. The van der Waals surface area contributed by atoms with E-state index in [1.165, 1.54) is 24.0 Å². The summed E-state index contributed by atoms with van der Waals surface area (Å²) in [5.74, 6) is 2.33. The van der Waals surface area contributed by atoms with E-state index in [9.17, 15) is 0 Å². The second-order valence-corrected chi connectivity index (χ2v) is 5.03. The normalized spacial score (nSPS) is 27.5. The van der Waals surface area contributed by atoms with Gasteiger partial charge < -0.3 is 10.1 Å². The molecule has 3 nitrogen and oxygen atoms in total. The highest BCUT2D eigenvalue weighted by atomic mass is 16.5. The van der Waals surface area contributed by atoms with Crippen LogP contribution in [0.15, 0.2) is 24.5 Å². The molecule has 1 aromatic rings. The van der Waals surface area contributed by atoms with Crippen molar-refractivity contribution in [2.24, 2.45) is 11.8 Å². The minimum Gasteiger partial charge on any atom is -0.495 e. The lowest BCUT2D eigenvalue weighted by Crippen LogP contribution is -2.37. The molecule has 90 valence electrons. The van der Waals surface area contributed by atoms with Gasteiger partial charge in [-0.1, -0.05) is 6.08 Å². The Labute approximate surface area is 102 Å². The first kappa shape index (κ1) is 10.8. The first-order valence-electron chi connectivity index (χ1n) is 6.26. The van der Waals surface area contributed by atoms with Crippen molar-refractivity contribution >= 4 is 5.57 Å². The van der Waals surface area contributed by atoms with Crippen LogP contribution >= 0.6 is 0 Å². The summed E-state index contributed by atoms with van der Waals surface area (Å²) in [6, 6.07) is 2.09. The molecule has 0 amide bonds. The van der Waals surface area contributed by atoms with E-state index in [0.717, 1.165) is 24.8 Å². The van der Waals surface area contributed by atoms with E-state index in [1.807, 2.05) is 6.20 Å². The van der Waals surface area contributed by atoms with Crippen LogP contribution in [0, 0.1) is 11.8 Å². The number of hydrogen-bond acceptors (Lipinski definition) is 3. The van der Waals surface area contributed by atoms with Crippen molar-refractivity contribution < 1.29 is 4.74 Å². The van der Waals surface area contributed by atoms with Gasteiger partial charge in [-0.05, 0) is 48.4 Å². The summed E-state index contributed by atoms with van der Waals surface area (Å²) in [6.07, 6.45) is 8.63. The van der Waals surface area contributed by atoms with E-state index >= 15 is 0 Å². The molecule has 0 aromatic carbocycles. The molecule has 3 rings (SSSR count). The Bertz CT molecular complexity index is 442. The molecule has 1 N–H and O–H groups in total. The number of pyridine rings is 1. The summed E-state index contributed by atoms with van der Waals surface area (Å²) >= 11 is 0. The Hall–Kier alpha value is -1.35. The van der Waals surface area contributed by atoms with Crippen LogP contribution in [0.4, 0.5) is 0 Å². The second kappa shape index (κ2) is 4.49. The highest BCUT2D eigenvalue weighted by Crippen LogP contribution is 2.35. The number of methoxy groups -OCH3 is 1. The van der Waals surface area contributed by atoms with Crippen LogP contribution in [0.25, 0.3) is 5.57 Å². The van der Waals surface area contributed by atoms with Gasteiger partial charge in [-0.15, -0.1) is 0 Å². The maximum absolute atomic E-state index is 5.24. The molecular formula is C14H18N2O. The van der Waals surface area contributed by atoms with Crippen LogP contribution in [0.3, 0.4) is 0 Å². The molecule has 3 heteroatoms.